The summed E-state index contributed by atoms with van der Waals surface area (Å²) < 4.78 is 5.40. The zero-order valence-electron chi connectivity index (χ0n) is 12.5. The maximum Gasteiger partial charge on any atom is 0.129 e. The average molecular weight is 298 g/mol. The predicted octanol–water partition coefficient (Wildman–Crippen LogP) is 2.71. The normalized spacial score (nSPS) is 19.1. The quantitative estimate of drug-likeness (QED) is 0.876. The average Bonchev–Trinajstić information content (AvgIpc) is 2.89. The van der Waals surface area contributed by atoms with Crippen LogP contribution in [-0.2, 0) is 11.3 Å². The molecule has 2 heterocycles. The molecule has 5 heteroatoms. The summed E-state index contributed by atoms with van der Waals surface area (Å²) in [6.45, 7) is 7.96. The van der Waals surface area contributed by atoms with Crippen molar-refractivity contribution in [1.29, 1.82) is 0 Å². The second kappa shape index (κ2) is 7.25. The number of nitrogens with zero attached hydrogens (tertiary/aromatic N) is 2. The Morgan fingerprint density at radius 1 is 1.50 bits per heavy atom. The lowest BCUT2D eigenvalue weighted by Crippen LogP contribution is -2.24. The molecule has 0 saturated carbocycles. The number of halogens is 1. The van der Waals surface area contributed by atoms with Crippen molar-refractivity contribution >= 4 is 17.4 Å². The summed E-state index contributed by atoms with van der Waals surface area (Å²) in [6, 6.07) is 3.93. The number of anilines is 1. The molecule has 0 radical (unpaired) electrons. The largest absolute Gasteiger partial charge is 0.380 e. The van der Waals surface area contributed by atoms with Crippen LogP contribution in [0.2, 0.25) is 5.02 Å². The van der Waals surface area contributed by atoms with Crippen molar-refractivity contribution in [2.45, 2.75) is 32.9 Å². The van der Waals surface area contributed by atoms with E-state index < -0.39 is 0 Å². The first-order chi connectivity index (χ1) is 9.60. The first kappa shape index (κ1) is 15.5. The van der Waals surface area contributed by atoms with E-state index in [0.29, 0.717) is 18.6 Å². The van der Waals surface area contributed by atoms with Gasteiger partial charge in [0.25, 0.3) is 0 Å². The third-order valence-electron chi connectivity index (χ3n) is 3.55. The lowest BCUT2D eigenvalue weighted by atomic mass is 10.2. The minimum Gasteiger partial charge on any atom is -0.380 e. The van der Waals surface area contributed by atoms with Crippen LogP contribution in [0.5, 0.6) is 0 Å². The number of hydrogen-bond acceptors (Lipinski definition) is 4. The Balaban J connectivity index is 2.01. The van der Waals surface area contributed by atoms with Gasteiger partial charge in [-0.05, 0) is 31.0 Å². The predicted molar refractivity (Wildman–Crippen MR) is 83.4 cm³/mol. The number of nitrogens with one attached hydrogen (secondary N) is 1. The summed E-state index contributed by atoms with van der Waals surface area (Å²) in [5.74, 6) is 1.62. The molecule has 1 aromatic rings. The second-order valence-electron chi connectivity index (χ2n) is 5.72. The van der Waals surface area contributed by atoms with E-state index >= 15 is 0 Å². The van der Waals surface area contributed by atoms with E-state index in [1.807, 2.05) is 12.1 Å². The van der Waals surface area contributed by atoms with Crippen LogP contribution < -0.4 is 10.2 Å². The highest BCUT2D eigenvalue weighted by Gasteiger charge is 2.23. The molecule has 0 amide bonds. The number of pyridine rings is 1. The van der Waals surface area contributed by atoms with Gasteiger partial charge in [0.05, 0.1) is 16.8 Å². The topological polar surface area (TPSA) is 37.4 Å². The van der Waals surface area contributed by atoms with Gasteiger partial charge < -0.3 is 15.0 Å². The number of ether oxygens (including phenoxy) is 1. The molecule has 1 fully saturated rings. The van der Waals surface area contributed by atoms with E-state index in [0.717, 1.165) is 42.6 Å². The van der Waals surface area contributed by atoms with E-state index in [9.17, 15) is 0 Å². The molecular formula is C15H24ClN3O. The number of hydrogen-bond donors (Lipinski definition) is 1. The SMILES string of the molecule is COC1CCN(c2ccc(Cl)c(CNCC(C)C)n2)C1. The van der Waals surface area contributed by atoms with Crippen molar-refractivity contribution in [3.63, 3.8) is 0 Å². The molecule has 0 aromatic carbocycles. The van der Waals surface area contributed by atoms with Crippen LogP contribution in [0.1, 0.15) is 26.0 Å². The van der Waals surface area contributed by atoms with Gasteiger partial charge in [-0.25, -0.2) is 4.98 Å². The van der Waals surface area contributed by atoms with E-state index in [1.165, 1.54) is 0 Å². The van der Waals surface area contributed by atoms with Gasteiger partial charge in [0.1, 0.15) is 5.82 Å². The van der Waals surface area contributed by atoms with Gasteiger partial charge in [-0.3, -0.25) is 0 Å². The van der Waals surface area contributed by atoms with E-state index in [1.54, 1.807) is 7.11 Å². The lowest BCUT2D eigenvalue weighted by molar-refractivity contribution is 0.121. The summed E-state index contributed by atoms with van der Waals surface area (Å²) in [7, 11) is 1.77. The van der Waals surface area contributed by atoms with E-state index in [4.69, 9.17) is 21.3 Å². The first-order valence-corrected chi connectivity index (χ1v) is 7.61. The number of aromatic nitrogens is 1. The van der Waals surface area contributed by atoms with Crippen molar-refractivity contribution < 1.29 is 4.74 Å². The van der Waals surface area contributed by atoms with Crippen molar-refractivity contribution in [2.24, 2.45) is 5.92 Å². The second-order valence-corrected chi connectivity index (χ2v) is 6.12. The molecule has 20 heavy (non-hydrogen) atoms. The molecule has 0 spiro atoms. The highest BCUT2D eigenvalue weighted by atomic mass is 35.5. The monoisotopic (exact) mass is 297 g/mol. The Morgan fingerprint density at radius 3 is 2.95 bits per heavy atom. The van der Waals surface area contributed by atoms with Crippen molar-refractivity contribution in [3.05, 3.63) is 22.8 Å². The van der Waals surface area contributed by atoms with Gasteiger partial charge in [0.2, 0.25) is 0 Å². The summed E-state index contributed by atoms with van der Waals surface area (Å²) in [5, 5.41) is 4.12. The maximum absolute atomic E-state index is 6.23. The third-order valence-corrected chi connectivity index (χ3v) is 3.90. The Labute approximate surface area is 126 Å². The molecule has 112 valence electrons. The van der Waals surface area contributed by atoms with Crippen LogP contribution >= 0.6 is 11.6 Å². The van der Waals surface area contributed by atoms with E-state index in [2.05, 4.69) is 24.1 Å². The highest BCUT2D eigenvalue weighted by Crippen LogP contribution is 2.23. The van der Waals surface area contributed by atoms with E-state index in [-0.39, 0.29) is 0 Å². The van der Waals surface area contributed by atoms with Crippen molar-refractivity contribution in [1.82, 2.24) is 10.3 Å². The van der Waals surface area contributed by atoms with Crippen molar-refractivity contribution in [3.8, 4) is 0 Å². The molecular weight excluding hydrogens is 274 g/mol. The molecule has 2 rings (SSSR count). The summed E-state index contributed by atoms with van der Waals surface area (Å²) in [4.78, 5) is 6.96. The summed E-state index contributed by atoms with van der Waals surface area (Å²) in [5.41, 5.74) is 0.922. The maximum atomic E-state index is 6.23. The minimum atomic E-state index is 0.315. The van der Waals surface area contributed by atoms with Crippen LogP contribution in [0.15, 0.2) is 12.1 Å². The van der Waals surface area contributed by atoms with Crippen LogP contribution in [0.25, 0.3) is 0 Å². The number of methoxy groups -OCH3 is 1. The molecule has 1 aliphatic heterocycles. The lowest BCUT2D eigenvalue weighted by Gasteiger charge is -2.18. The minimum absolute atomic E-state index is 0.315. The van der Waals surface area contributed by atoms with Gasteiger partial charge in [0, 0.05) is 26.7 Å². The fourth-order valence-electron chi connectivity index (χ4n) is 2.38. The molecule has 1 unspecified atom stereocenters. The van der Waals surface area contributed by atoms with Gasteiger partial charge in [-0.2, -0.15) is 0 Å². The Hall–Kier alpha value is -0.840. The molecule has 4 nitrogen and oxygen atoms in total. The summed E-state index contributed by atoms with van der Waals surface area (Å²) in [6.07, 6.45) is 1.37. The molecule has 1 aromatic heterocycles. The number of rotatable bonds is 6. The van der Waals surface area contributed by atoms with Crippen molar-refractivity contribution in [2.75, 3.05) is 31.6 Å². The summed E-state index contributed by atoms with van der Waals surface area (Å²) >= 11 is 6.23. The molecule has 1 aliphatic rings. The highest BCUT2D eigenvalue weighted by molar-refractivity contribution is 6.31. The Bertz CT molecular complexity index is 439. The van der Waals surface area contributed by atoms with Gasteiger partial charge >= 0.3 is 0 Å². The van der Waals surface area contributed by atoms with Crippen LogP contribution in [-0.4, -0.2) is 37.8 Å². The fraction of sp³-hybridized carbons (Fsp3) is 0.667. The standard InChI is InChI=1S/C15H24ClN3O/c1-11(2)8-17-9-14-13(16)4-5-15(18-14)19-7-6-12(10-19)20-3/h4-5,11-12,17H,6-10H2,1-3H3. The molecule has 1 N–H and O–H groups in total. The third kappa shape index (κ3) is 4.08. The van der Waals surface area contributed by atoms with Crippen LogP contribution in [0, 0.1) is 5.92 Å². The van der Waals surface area contributed by atoms with Gasteiger partial charge in [0.15, 0.2) is 0 Å². The Kier molecular flexibility index (Phi) is 5.64. The van der Waals surface area contributed by atoms with Gasteiger partial charge in [-0.1, -0.05) is 25.4 Å². The zero-order chi connectivity index (χ0) is 14.5. The first-order valence-electron chi connectivity index (χ1n) is 7.24. The van der Waals surface area contributed by atoms with Gasteiger partial charge in [-0.15, -0.1) is 0 Å². The van der Waals surface area contributed by atoms with Crippen LogP contribution in [0.4, 0.5) is 5.82 Å². The Morgan fingerprint density at radius 2 is 2.30 bits per heavy atom. The smallest absolute Gasteiger partial charge is 0.129 e. The zero-order valence-corrected chi connectivity index (χ0v) is 13.3. The molecule has 0 aliphatic carbocycles. The molecule has 1 saturated heterocycles. The van der Waals surface area contributed by atoms with Crippen LogP contribution in [0.3, 0.4) is 0 Å². The fourth-order valence-corrected chi connectivity index (χ4v) is 2.55. The molecule has 1 atom stereocenters. The molecule has 0 bridgehead atoms.